The molecule has 0 spiro atoms. The van der Waals surface area contributed by atoms with Gasteiger partial charge in [-0.2, -0.15) is 0 Å². The predicted octanol–water partition coefficient (Wildman–Crippen LogP) is 2.74. The standard InChI is InChI=1S/C12H24O2/c1-14-9-5-8-12(13)10-11-6-3-2-4-7-11/h11-13H,2-10H2,1H3. The minimum Gasteiger partial charge on any atom is -0.393 e. The first-order valence-corrected chi connectivity index (χ1v) is 6.00. The molecule has 2 nitrogen and oxygen atoms in total. The van der Waals surface area contributed by atoms with Crippen LogP contribution in [0.5, 0.6) is 0 Å². The van der Waals surface area contributed by atoms with Crippen molar-refractivity contribution < 1.29 is 9.84 Å². The lowest BCUT2D eigenvalue weighted by Gasteiger charge is -2.23. The molecule has 1 aliphatic carbocycles. The largest absolute Gasteiger partial charge is 0.393 e. The molecule has 1 atom stereocenters. The summed E-state index contributed by atoms with van der Waals surface area (Å²) < 4.78 is 4.97. The van der Waals surface area contributed by atoms with Gasteiger partial charge in [-0.15, -0.1) is 0 Å². The topological polar surface area (TPSA) is 29.5 Å². The van der Waals surface area contributed by atoms with E-state index in [1.54, 1.807) is 7.11 Å². The Morgan fingerprint density at radius 1 is 1.29 bits per heavy atom. The maximum absolute atomic E-state index is 9.77. The van der Waals surface area contributed by atoms with E-state index in [-0.39, 0.29) is 6.10 Å². The normalized spacial score (nSPS) is 21.0. The lowest BCUT2D eigenvalue weighted by Crippen LogP contribution is -2.16. The van der Waals surface area contributed by atoms with Gasteiger partial charge in [0.25, 0.3) is 0 Å². The van der Waals surface area contributed by atoms with Crippen LogP contribution in [0.1, 0.15) is 51.4 Å². The average Bonchev–Trinajstić information content (AvgIpc) is 2.20. The average molecular weight is 200 g/mol. The Kier molecular flexibility index (Phi) is 6.20. The molecule has 0 radical (unpaired) electrons. The van der Waals surface area contributed by atoms with E-state index in [4.69, 9.17) is 4.74 Å². The molecule has 84 valence electrons. The molecule has 0 bridgehead atoms. The Morgan fingerprint density at radius 3 is 2.64 bits per heavy atom. The summed E-state index contributed by atoms with van der Waals surface area (Å²) in [6.07, 6.45) is 9.63. The van der Waals surface area contributed by atoms with Crippen LogP contribution in [0.25, 0.3) is 0 Å². The molecular weight excluding hydrogens is 176 g/mol. The smallest absolute Gasteiger partial charge is 0.0543 e. The fourth-order valence-electron chi connectivity index (χ4n) is 2.39. The van der Waals surface area contributed by atoms with Crippen molar-refractivity contribution in [2.75, 3.05) is 13.7 Å². The van der Waals surface area contributed by atoms with E-state index in [9.17, 15) is 5.11 Å². The summed E-state index contributed by atoms with van der Waals surface area (Å²) in [6, 6.07) is 0. The van der Waals surface area contributed by atoms with Crippen molar-refractivity contribution in [2.45, 2.75) is 57.5 Å². The molecule has 0 aromatic heterocycles. The van der Waals surface area contributed by atoms with Gasteiger partial charge < -0.3 is 9.84 Å². The van der Waals surface area contributed by atoms with E-state index in [0.29, 0.717) is 0 Å². The summed E-state index contributed by atoms with van der Waals surface area (Å²) in [7, 11) is 1.72. The highest BCUT2D eigenvalue weighted by Gasteiger charge is 2.16. The number of aliphatic hydroxyl groups excluding tert-OH is 1. The van der Waals surface area contributed by atoms with Crippen molar-refractivity contribution in [1.82, 2.24) is 0 Å². The summed E-state index contributed by atoms with van der Waals surface area (Å²) in [5, 5.41) is 9.77. The third-order valence-corrected chi connectivity index (χ3v) is 3.22. The highest BCUT2D eigenvalue weighted by Crippen LogP contribution is 2.28. The fourth-order valence-corrected chi connectivity index (χ4v) is 2.39. The molecule has 1 saturated carbocycles. The Balaban J connectivity index is 2.03. The first kappa shape index (κ1) is 12.0. The van der Waals surface area contributed by atoms with Crippen molar-refractivity contribution >= 4 is 0 Å². The third kappa shape index (κ3) is 4.97. The van der Waals surface area contributed by atoms with Crippen LogP contribution < -0.4 is 0 Å². The van der Waals surface area contributed by atoms with Crippen LogP contribution in [0.15, 0.2) is 0 Å². The molecule has 0 aliphatic heterocycles. The van der Waals surface area contributed by atoms with E-state index in [2.05, 4.69) is 0 Å². The minimum atomic E-state index is -0.0896. The van der Waals surface area contributed by atoms with Gasteiger partial charge in [0.1, 0.15) is 0 Å². The highest BCUT2D eigenvalue weighted by molar-refractivity contribution is 4.69. The molecule has 14 heavy (non-hydrogen) atoms. The predicted molar refractivity (Wildman–Crippen MR) is 58.3 cm³/mol. The minimum absolute atomic E-state index is 0.0896. The molecular formula is C12H24O2. The van der Waals surface area contributed by atoms with E-state index in [1.807, 2.05) is 0 Å². The summed E-state index contributed by atoms with van der Waals surface area (Å²) >= 11 is 0. The maximum Gasteiger partial charge on any atom is 0.0543 e. The SMILES string of the molecule is COCCCC(O)CC1CCCCC1. The summed E-state index contributed by atoms with van der Waals surface area (Å²) in [4.78, 5) is 0. The van der Waals surface area contributed by atoms with Crippen LogP contribution >= 0.6 is 0 Å². The van der Waals surface area contributed by atoms with Crippen molar-refractivity contribution in [3.05, 3.63) is 0 Å². The zero-order valence-corrected chi connectivity index (χ0v) is 9.37. The lowest BCUT2D eigenvalue weighted by molar-refractivity contribution is 0.105. The second kappa shape index (κ2) is 7.24. The van der Waals surface area contributed by atoms with Gasteiger partial charge in [-0.05, 0) is 25.2 Å². The molecule has 0 heterocycles. The van der Waals surface area contributed by atoms with Crippen LogP contribution in [0.3, 0.4) is 0 Å². The number of rotatable bonds is 6. The molecule has 1 N–H and O–H groups in total. The molecule has 0 amide bonds. The van der Waals surface area contributed by atoms with E-state index >= 15 is 0 Å². The van der Waals surface area contributed by atoms with Gasteiger partial charge in [0.05, 0.1) is 6.10 Å². The van der Waals surface area contributed by atoms with Crippen LogP contribution in [0.2, 0.25) is 0 Å². The number of aliphatic hydroxyl groups is 1. The maximum atomic E-state index is 9.77. The van der Waals surface area contributed by atoms with E-state index in [1.165, 1.54) is 32.1 Å². The summed E-state index contributed by atoms with van der Waals surface area (Å²) in [5.74, 6) is 0.793. The Hall–Kier alpha value is -0.0800. The molecule has 0 saturated heterocycles. The number of ether oxygens (including phenoxy) is 1. The van der Waals surface area contributed by atoms with Crippen molar-refractivity contribution in [1.29, 1.82) is 0 Å². The molecule has 1 fully saturated rings. The quantitative estimate of drug-likeness (QED) is 0.668. The second-order valence-corrected chi connectivity index (χ2v) is 4.53. The zero-order chi connectivity index (χ0) is 10.2. The first-order valence-electron chi connectivity index (χ1n) is 6.00. The van der Waals surface area contributed by atoms with Gasteiger partial charge in [0, 0.05) is 13.7 Å². The van der Waals surface area contributed by atoms with Gasteiger partial charge in [-0.3, -0.25) is 0 Å². The molecule has 0 aromatic carbocycles. The Morgan fingerprint density at radius 2 is 2.00 bits per heavy atom. The second-order valence-electron chi connectivity index (χ2n) is 4.53. The van der Waals surface area contributed by atoms with Crippen LogP contribution in [0, 0.1) is 5.92 Å². The van der Waals surface area contributed by atoms with E-state index < -0.39 is 0 Å². The summed E-state index contributed by atoms with van der Waals surface area (Å²) in [6.45, 7) is 0.779. The zero-order valence-electron chi connectivity index (χ0n) is 9.37. The van der Waals surface area contributed by atoms with Gasteiger partial charge in [-0.25, -0.2) is 0 Å². The van der Waals surface area contributed by atoms with Gasteiger partial charge >= 0.3 is 0 Å². The van der Waals surface area contributed by atoms with E-state index in [0.717, 1.165) is 31.8 Å². The molecule has 0 aromatic rings. The van der Waals surface area contributed by atoms with Gasteiger partial charge in [0.15, 0.2) is 0 Å². The van der Waals surface area contributed by atoms with Crippen molar-refractivity contribution in [2.24, 2.45) is 5.92 Å². The Labute approximate surface area is 87.7 Å². The molecule has 1 aliphatic rings. The summed E-state index contributed by atoms with van der Waals surface area (Å²) in [5.41, 5.74) is 0. The molecule has 1 rings (SSSR count). The Bertz CT molecular complexity index is 130. The van der Waals surface area contributed by atoms with Crippen LogP contribution in [-0.2, 0) is 4.74 Å². The van der Waals surface area contributed by atoms with Crippen LogP contribution in [-0.4, -0.2) is 24.9 Å². The molecule has 1 unspecified atom stereocenters. The van der Waals surface area contributed by atoms with Crippen molar-refractivity contribution in [3.63, 3.8) is 0 Å². The number of methoxy groups -OCH3 is 1. The lowest BCUT2D eigenvalue weighted by atomic mass is 9.85. The highest BCUT2D eigenvalue weighted by atomic mass is 16.5. The number of hydrogen-bond donors (Lipinski definition) is 1. The molecule has 2 heteroatoms. The number of hydrogen-bond acceptors (Lipinski definition) is 2. The first-order chi connectivity index (χ1) is 6.83. The van der Waals surface area contributed by atoms with Gasteiger partial charge in [0.2, 0.25) is 0 Å². The third-order valence-electron chi connectivity index (χ3n) is 3.22. The monoisotopic (exact) mass is 200 g/mol. The van der Waals surface area contributed by atoms with Crippen molar-refractivity contribution in [3.8, 4) is 0 Å². The van der Waals surface area contributed by atoms with Crippen LogP contribution in [0.4, 0.5) is 0 Å². The fraction of sp³-hybridized carbons (Fsp3) is 1.00. The van der Waals surface area contributed by atoms with Gasteiger partial charge in [-0.1, -0.05) is 32.1 Å².